The van der Waals surface area contributed by atoms with Crippen molar-refractivity contribution >= 4 is 33.2 Å². The number of thiophene rings is 1. The summed E-state index contributed by atoms with van der Waals surface area (Å²) in [4.78, 5) is 21.9. The average Bonchev–Trinajstić information content (AvgIpc) is 2.82. The quantitative estimate of drug-likeness (QED) is 0.710. The molecule has 2 heterocycles. The number of hydrogen-bond acceptors (Lipinski definition) is 4. The van der Waals surface area contributed by atoms with Gasteiger partial charge in [-0.3, -0.25) is 4.79 Å². The number of benzene rings is 1. The lowest BCUT2D eigenvalue weighted by molar-refractivity contribution is 0.477. The highest BCUT2D eigenvalue weighted by Gasteiger charge is 2.17. The number of fused-ring (bicyclic) bond motifs is 1. The zero-order valence-electron chi connectivity index (χ0n) is 14.1. The predicted molar refractivity (Wildman–Crippen MR) is 101 cm³/mol. The molecule has 0 aliphatic carbocycles. The fourth-order valence-electron chi connectivity index (χ4n) is 2.78. The maximum Gasteiger partial charge on any atom is 0.259 e. The summed E-state index contributed by atoms with van der Waals surface area (Å²) < 4.78 is 0. The van der Waals surface area contributed by atoms with E-state index in [9.17, 15) is 4.79 Å². The lowest BCUT2D eigenvalue weighted by Gasteiger charge is -2.20. The van der Waals surface area contributed by atoms with E-state index in [-0.39, 0.29) is 17.6 Å². The summed E-state index contributed by atoms with van der Waals surface area (Å²) in [5, 5.41) is 4.90. The van der Waals surface area contributed by atoms with Gasteiger partial charge in [0.25, 0.3) is 5.56 Å². The maximum atomic E-state index is 12.4. The molecule has 0 aliphatic heterocycles. The van der Waals surface area contributed by atoms with Crippen molar-refractivity contribution in [2.24, 2.45) is 0 Å². The summed E-state index contributed by atoms with van der Waals surface area (Å²) in [6.45, 7) is 8.07. The Labute approximate surface area is 149 Å². The van der Waals surface area contributed by atoms with Crippen molar-refractivity contribution in [1.82, 2.24) is 15.3 Å². The molecule has 0 saturated heterocycles. The summed E-state index contributed by atoms with van der Waals surface area (Å²) >= 11 is 7.50. The van der Waals surface area contributed by atoms with Crippen LogP contribution in [0.1, 0.15) is 47.8 Å². The van der Waals surface area contributed by atoms with E-state index in [2.05, 4.69) is 22.2 Å². The molecule has 0 aliphatic rings. The third kappa shape index (κ3) is 3.24. The second-order valence-electron chi connectivity index (χ2n) is 6.08. The van der Waals surface area contributed by atoms with Crippen molar-refractivity contribution in [3.8, 4) is 0 Å². The Morgan fingerprint density at radius 2 is 1.83 bits per heavy atom. The maximum absolute atomic E-state index is 12.4. The lowest BCUT2D eigenvalue weighted by Crippen LogP contribution is -2.26. The van der Waals surface area contributed by atoms with Gasteiger partial charge in [-0.1, -0.05) is 23.7 Å². The van der Waals surface area contributed by atoms with Crippen LogP contribution >= 0.6 is 22.9 Å². The van der Waals surface area contributed by atoms with Gasteiger partial charge < -0.3 is 10.3 Å². The molecular weight excluding hydrogens is 342 g/mol. The van der Waals surface area contributed by atoms with E-state index < -0.39 is 0 Å². The summed E-state index contributed by atoms with van der Waals surface area (Å²) in [6, 6.07) is 7.79. The summed E-state index contributed by atoms with van der Waals surface area (Å²) in [7, 11) is 0. The molecular formula is C18H20ClN3OS. The predicted octanol–water partition coefficient (Wildman–Crippen LogP) is 4.67. The highest BCUT2D eigenvalue weighted by atomic mass is 35.5. The number of nitrogens with zero attached hydrogens (tertiary/aromatic N) is 1. The first-order valence-electron chi connectivity index (χ1n) is 7.88. The molecule has 0 radical (unpaired) electrons. The van der Waals surface area contributed by atoms with Gasteiger partial charge in [0.2, 0.25) is 0 Å². The molecule has 1 aromatic carbocycles. The first-order chi connectivity index (χ1) is 11.4. The Morgan fingerprint density at radius 3 is 2.50 bits per heavy atom. The monoisotopic (exact) mass is 361 g/mol. The average molecular weight is 362 g/mol. The van der Waals surface area contributed by atoms with Gasteiger partial charge in [-0.25, -0.2) is 4.98 Å². The van der Waals surface area contributed by atoms with E-state index in [0.29, 0.717) is 11.2 Å². The largest absolute Gasteiger partial charge is 0.309 e. The van der Waals surface area contributed by atoms with Crippen LogP contribution < -0.4 is 10.9 Å². The second kappa shape index (κ2) is 6.67. The molecule has 2 aromatic heterocycles. The molecule has 3 rings (SSSR count). The molecule has 4 nitrogen and oxygen atoms in total. The molecule has 2 N–H and O–H groups in total. The van der Waals surface area contributed by atoms with Gasteiger partial charge in [0, 0.05) is 15.9 Å². The Bertz CT molecular complexity index is 930. The Kier molecular flexibility index (Phi) is 4.76. The number of aromatic amines is 1. The van der Waals surface area contributed by atoms with E-state index >= 15 is 0 Å². The fraction of sp³-hybridized carbons (Fsp3) is 0.333. The van der Waals surface area contributed by atoms with Crippen molar-refractivity contribution in [3.05, 3.63) is 61.5 Å². The van der Waals surface area contributed by atoms with Gasteiger partial charge in [0.05, 0.1) is 11.4 Å². The zero-order chi connectivity index (χ0) is 17.4. The number of halogens is 1. The Hall–Kier alpha value is -1.69. The molecule has 2 atom stereocenters. The molecule has 3 aromatic rings. The standard InChI is InChI=1S/C18H20ClN3OS/c1-9-12(4)24-18-15(9)17(23)21-16(22-18)11(3)20-10(2)13-5-7-14(19)8-6-13/h5-8,10-11,20H,1-4H3,(H,21,22,23). The summed E-state index contributed by atoms with van der Waals surface area (Å²) in [5.74, 6) is 0.662. The third-order valence-electron chi connectivity index (χ3n) is 4.34. The number of rotatable bonds is 4. The van der Waals surface area contributed by atoms with Crippen molar-refractivity contribution in [2.45, 2.75) is 39.8 Å². The van der Waals surface area contributed by atoms with Gasteiger partial charge in [-0.2, -0.15) is 0 Å². The van der Waals surface area contributed by atoms with Gasteiger partial charge in [0.15, 0.2) is 0 Å². The van der Waals surface area contributed by atoms with E-state index in [1.54, 1.807) is 11.3 Å². The highest BCUT2D eigenvalue weighted by Crippen LogP contribution is 2.27. The number of aromatic nitrogens is 2. The molecule has 126 valence electrons. The molecule has 6 heteroatoms. The molecule has 0 spiro atoms. The van der Waals surface area contributed by atoms with Crippen LogP contribution in [0.3, 0.4) is 0 Å². The van der Waals surface area contributed by atoms with E-state index in [1.807, 2.05) is 45.0 Å². The molecule has 0 saturated carbocycles. The van der Waals surface area contributed by atoms with Crippen molar-refractivity contribution < 1.29 is 0 Å². The van der Waals surface area contributed by atoms with Gasteiger partial charge in [-0.15, -0.1) is 11.3 Å². The van der Waals surface area contributed by atoms with E-state index in [0.717, 1.165) is 25.9 Å². The number of H-pyrrole nitrogens is 1. The highest BCUT2D eigenvalue weighted by molar-refractivity contribution is 7.18. The Morgan fingerprint density at radius 1 is 1.17 bits per heavy atom. The number of nitrogens with one attached hydrogen (secondary N) is 2. The molecule has 0 fully saturated rings. The molecule has 24 heavy (non-hydrogen) atoms. The van der Waals surface area contributed by atoms with Gasteiger partial charge >= 0.3 is 0 Å². The van der Waals surface area contributed by atoms with Crippen molar-refractivity contribution in [3.63, 3.8) is 0 Å². The zero-order valence-corrected chi connectivity index (χ0v) is 15.7. The van der Waals surface area contributed by atoms with Gasteiger partial charge in [0.1, 0.15) is 10.7 Å². The molecule has 0 bridgehead atoms. The summed E-state index contributed by atoms with van der Waals surface area (Å²) in [5.41, 5.74) is 2.09. The van der Waals surface area contributed by atoms with Crippen LogP contribution in [0, 0.1) is 13.8 Å². The van der Waals surface area contributed by atoms with Crippen LogP contribution in [0.4, 0.5) is 0 Å². The second-order valence-corrected chi connectivity index (χ2v) is 7.72. The van der Waals surface area contributed by atoms with Crippen LogP contribution in [0.25, 0.3) is 10.2 Å². The fourth-order valence-corrected chi connectivity index (χ4v) is 3.94. The lowest BCUT2D eigenvalue weighted by atomic mass is 10.1. The normalized spacial score (nSPS) is 14.0. The SMILES string of the molecule is Cc1sc2nc(C(C)NC(C)c3ccc(Cl)cc3)[nH]c(=O)c2c1C. The minimum Gasteiger partial charge on any atom is -0.309 e. The van der Waals surface area contributed by atoms with Crippen LogP contribution in [0.2, 0.25) is 5.02 Å². The molecule has 2 unspecified atom stereocenters. The van der Waals surface area contributed by atoms with Crippen molar-refractivity contribution in [2.75, 3.05) is 0 Å². The summed E-state index contributed by atoms with van der Waals surface area (Å²) in [6.07, 6.45) is 0. The first kappa shape index (κ1) is 17.1. The molecule has 0 amide bonds. The Balaban J connectivity index is 1.87. The minimum atomic E-state index is -0.0736. The van der Waals surface area contributed by atoms with Crippen LogP contribution in [0.15, 0.2) is 29.1 Å². The van der Waals surface area contributed by atoms with Crippen LogP contribution in [-0.2, 0) is 0 Å². The van der Waals surface area contributed by atoms with Crippen LogP contribution in [-0.4, -0.2) is 9.97 Å². The van der Waals surface area contributed by atoms with Crippen molar-refractivity contribution in [1.29, 1.82) is 0 Å². The third-order valence-corrected chi connectivity index (χ3v) is 5.69. The number of aryl methyl sites for hydroxylation is 2. The smallest absolute Gasteiger partial charge is 0.259 e. The number of hydrogen-bond donors (Lipinski definition) is 2. The van der Waals surface area contributed by atoms with Crippen LogP contribution in [0.5, 0.6) is 0 Å². The van der Waals surface area contributed by atoms with E-state index in [1.165, 1.54) is 0 Å². The minimum absolute atomic E-state index is 0.0651. The topological polar surface area (TPSA) is 57.8 Å². The van der Waals surface area contributed by atoms with E-state index in [4.69, 9.17) is 11.6 Å². The van der Waals surface area contributed by atoms with Gasteiger partial charge in [-0.05, 0) is 51.0 Å². The first-order valence-corrected chi connectivity index (χ1v) is 9.07.